The van der Waals surface area contributed by atoms with Gasteiger partial charge < -0.3 is 14.5 Å². The Hall–Kier alpha value is -1.78. The highest BCUT2D eigenvalue weighted by Gasteiger charge is 2.18. The highest BCUT2D eigenvalue weighted by Crippen LogP contribution is 2.31. The molecule has 0 aliphatic rings. The molecule has 0 amide bonds. The SMILES string of the molecule is CC(C)Cc1cc(B(O)O)cc2c1oc1ccccc12. The van der Waals surface area contributed by atoms with Crippen LogP contribution in [-0.4, -0.2) is 17.2 Å². The van der Waals surface area contributed by atoms with Gasteiger partial charge in [0.2, 0.25) is 0 Å². The molecule has 1 heterocycles. The summed E-state index contributed by atoms with van der Waals surface area (Å²) in [6.07, 6.45) is 0.844. The lowest BCUT2D eigenvalue weighted by atomic mass is 9.78. The highest BCUT2D eigenvalue weighted by molar-refractivity contribution is 6.59. The van der Waals surface area contributed by atoms with Gasteiger partial charge in [-0.05, 0) is 29.4 Å². The number of rotatable bonds is 3. The third-order valence-corrected chi connectivity index (χ3v) is 3.50. The molecule has 0 aliphatic heterocycles. The van der Waals surface area contributed by atoms with Crippen molar-refractivity contribution in [2.75, 3.05) is 0 Å². The molecule has 3 nitrogen and oxygen atoms in total. The van der Waals surface area contributed by atoms with Gasteiger partial charge in [0.15, 0.2) is 0 Å². The van der Waals surface area contributed by atoms with Crippen molar-refractivity contribution < 1.29 is 14.5 Å². The second-order valence-corrected chi connectivity index (χ2v) is 5.63. The summed E-state index contributed by atoms with van der Waals surface area (Å²) in [6, 6.07) is 11.5. The van der Waals surface area contributed by atoms with Crippen LogP contribution in [0.15, 0.2) is 40.8 Å². The number of hydrogen-bond acceptors (Lipinski definition) is 3. The molecule has 0 saturated carbocycles. The maximum atomic E-state index is 9.48. The topological polar surface area (TPSA) is 53.6 Å². The molecule has 0 unspecified atom stereocenters. The van der Waals surface area contributed by atoms with Crippen molar-refractivity contribution in [3.05, 3.63) is 42.0 Å². The van der Waals surface area contributed by atoms with Crippen LogP contribution in [0.1, 0.15) is 19.4 Å². The van der Waals surface area contributed by atoms with Crippen molar-refractivity contribution in [3.8, 4) is 0 Å². The largest absolute Gasteiger partial charge is 0.488 e. The molecule has 4 heteroatoms. The van der Waals surface area contributed by atoms with E-state index in [1.807, 2.05) is 30.3 Å². The Morgan fingerprint density at radius 1 is 1.10 bits per heavy atom. The lowest BCUT2D eigenvalue weighted by Crippen LogP contribution is -2.30. The minimum absolute atomic E-state index is 0.470. The minimum atomic E-state index is -1.46. The van der Waals surface area contributed by atoms with Crippen molar-refractivity contribution in [1.82, 2.24) is 0 Å². The van der Waals surface area contributed by atoms with Gasteiger partial charge in [-0.15, -0.1) is 0 Å². The summed E-state index contributed by atoms with van der Waals surface area (Å²) in [5, 5.41) is 20.9. The van der Waals surface area contributed by atoms with Crippen molar-refractivity contribution in [2.24, 2.45) is 5.92 Å². The summed E-state index contributed by atoms with van der Waals surface area (Å²) in [5.41, 5.74) is 3.22. The van der Waals surface area contributed by atoms with Gasteiger partial charge in [0.25, 0.3) is 0 Å². The summed E-state index contributed by atoms with van der Waals surface area (Å²) in [4.78, 5) is 0. The summed E-state index contributed by atoms with van der Waals surface area (Å²) in [6.45, 7) is 4.27. The zero-order valence-corrected chi connectivity index (χ0v) is 11.6. The van der Waals surface area contributed by atoms with Gasteiger partial charge in [-0.2, -0.15) is 0 Å². The maximum absolute atomic E-state index is 9.48. The molecule has 1 aromatic heterocycles. The van der Waals surface area contributed by atoms with Crippen molar-refractivity contribution in [1.29, 1.82) is 0 Å². The van der Waals surface area contributed by atoms with Crippen LogP contribution in [0.2, 0.25) is 0 Å². The van der Waals surface area contributed by atoms with Crippen LogP contribution in [0, 0.1) is 5.92 Å². The van der Waals surface area contributed by atoms with Gasteiger partial charge in [-0.25, -0.2) is 0 Å². The first-order valence-electron chi connectivity index (χ1n) is 6.86. The van der Waals surface area contributed by atoms with E-state index in [1.54, 1.807) is 6.07 Å². The van der Waals surface area contributed by atoms with Crippen molar-refractivity contribution in [3.63, 3.8) is 0 Å². The molecule has 0 spiro atoms. The average Bonchev–Trinajstić information content (AvgIpc) is 2.77. The van der Waals surface area contributed by atoms with E-state index < -0.39 is 7.12 Å². The number of fused-ring (bicyclic) bond motifs is 3. The monoisotopic (exact) mass is 268 g/mol. The summed E-state index contributed by atoms with van der Waals surface area (Å²) in [5.74, 6) is 0.470. The molecule has 3 rings (SSSR count). The van der Waals surface area contributed by atoms with Gasteiger partial charge in [0.1, 0.15) is 11.2 Å². The zero-order valence-electron chi connectivity index (χ0n) is 11.6. The molecule has 0 saturated heterocycles. The Kier molecular flexibility index (Phi) is 3.28. The van der Waals surface area contributed by atoms with E-state index in [2.05, 4.69) is 13.8 Å². The number of para-hydroxylation sites is 1. The van der Waals surface area contributed by atoms with Crippen LogP contribution < -0.4 is 5.46 Å². The predicted octanol–water partition coefficient (Wildman–Crippen LogP) is 2.46. The first-order valence-corrected chi connectivity index (χ1v) is 6.86. The van der Waals surface area contributed by atoms with Crippen molar-refractivity contribution >= 4 is 34.5 Å². The molecule has 2 aromatic carbocycles. The smallest absolute Gasteiger partial charge is 0.456 e. The standard InChI is InChI=1S/C16H17BO3/c1-10(2)7-11-8-12(17(18)19)9-14-13-5-3-4-6-15(13)20-16(11)14/h3-6,8-10,18-19H,7H2,1-2H3. The summed E-state index contributed by atoms with van der Waals surface area (Å²) < 4.78 is 5.96. The Morgan fingerprint density at radius 2 is 1.85 bits per heavy atom. The predicted molar refractivity (Wildman–Crippen MR) is 82.1 cm³/mol. The fourth-order valence-corrected chi connectivity index (χ4v) is 2.66. The molecule has 0 radical (unpaired) electrons. The van der Waals surface area contributed by atoms with Crippen LogP contribution in [0.4, 0.5) is 0 Å². The fraction of sp³-hybridized carbons (Fsp3) is 0.250. The first kappa shape index (κ1) is 13.2. The molecule has 3 aromatic rings. The van der Waals surface area contributed by atoms with Gasteiger partial charge >= 0.3 is 7.12 Å². The zero-order chi connectivity index (χ0) is 14.3. The van der Waals surface area contributed by atoms with Crippen LogP contribution in [-0.2, 0) is 6.42 Å². The van der Waals surface area contributed by atoms with Crippen LogP contribution in [0.25, 0.3) is 21.9 Å². The second kappa shape index (κ2) is 4.96. The third kappa shape index (κ3) is 2.21. The number of hydrogen-bond donors (Lipinski definition) is 2. The molecule has 0 atom stereocenters. The van der Waals surface area contributed by atoms with Crippen LogP contribution >= 0.6 is 0 Å². The van der Waals surface area contributed by atoms with Crippen LogP contribution in [0.5, 0.6) is 0 Å². The van der Waals surface area contributed by atoms with E-state index in [0.29, 0.717) is 11.4 Å². The number of furan rings is 1. The molecule has 0 bridgehead atoms. The molecule has 102 valence electrons. The third-order valence-electron chi connectivity index (χ3n) is 3.50. The van der Waals surface area contributed by atoms with Gasteiger partial charge in [0, 0.05) is 10.8 Å². The Bertz CT molecular complexity index is 759. The van der Waals surface area contributed by atoms with Gasteiger partial charge in [-0.3, -0.25) is 0 Å². The lowest BCUT2D eigenvalue weighted by Gasteiger charge is -2.08. The highest BCUT2D eigenvalue weighted by atomic mass is 16.4. The normalized spacial score (nSPS) is 11.7. The minimum Gasteiger partial charge on any atom is -0.456 e. The van der Waals surface area contributed by atoms with E-state index in [4.69, 9.17) is 4.42 Å². The average molecular weight is 268 g/mol. The molecule has 0 fully saturated rings. The second-order valence-electron chi connectivity index (χ2n) is 5.63. The Balaban J connectivity index is 2.34. The fourth-order valence-electron chi connectivity index (χ4n) is 2.66. The van der Waals surface area contributed by atoms with E-state index >= 15 is 0 Å². The lowest BCUT2D eigenvalue weighted by molar-refractivity contribution is 0.425. The first-order chi connectivity index (χ1) is 9.56. The maximum Gasteiger partial charge on any atom is 0.488 e. The molecule has 0 aliphatic carbocycles. The van der Waals surface area contributed by atoms with Crippen LogP contribution in [0.3, 0.4) is 0 Å². The van der Waals surface area contributed by atoms with E-state index in [1.165, 1.54) is 0 Å². The molecular weight excluding hydrogens is 251 g/mol. The van der Waals surface area contributed by atoms with E-state index in [0.717, 1.165) is 33.9 Å². The quantitative estimate of drug-likeness (QED) is 0.717. The van der Waals surface area contributed by atoms with Crippen molar-refractivity contribution in [2.45, 2.75) is 20.3 Å². The molecule has 2 N–H and O–H groups in total. The summed E-state index contributed by atoms with van der Waals surface area (Å²) in [7, 11) is -1.46. The Labute approximate surface area is 118 Å². The van der Waals surface area contributed by atoms with Gasteiger partial charge in [-0.1, -0.05) is 44.2 Å². The number of benzene rings is 2. The Morgan fingerprint density at radius 3 is 2.55 bits per heavy atom. The van der Waals surface area contributed by atoms with Gasteiger partial charge in [0.05, 0.1) is 0 Å². The van der Waals surface area contributed by atoms with E-state index in [-0.39, 0.29) is 0 Å². The molecular formula is C16H17BO3. The molecule has 20 heavy (non-hydrogen) atoms. The summed E-state index contributed by atoms with van der Waals surface area (Å²) >= 11 is 0. The van der Waals surface area contributed by atoms with E-state index in [9.17, 15) is 10.0 Å².